The van der Waals surface area contributed by atoms with E-state index in [2.05, 4.69) is 59.2 Å². The number of hydrogen-bond acceptors (Lipinski definition) is 1. The normalized spacial score (nSPS) is 13.7. The van der Waals surface area contributed by atoms with Crippen LogP contribution in [-0.4, -0.2) is 26.6 Å². The van der Waals surface area contributed by atoms with Gasteiger partial charge >= 0.3 is 0 Å². The maximum Gasteiger partial charge on any atom is 0.236 e. The quantitative estimate of drug-likeness (QED) is 0.144. The van der Waals surface area contributed by atoms with Crippen molar-refractivity contribution in [2.45, 2.75) is 6.92 Å². The van der Waals surface area contributed by atoms with Crippen molar-refractivity contribution >= 4 is 61.1 Å². The minimum atomic E-state index is -0.477. The number of benzene rings is 7. The van der Waals surface area contributed by atoms with Crippen molar-refractivity contribution in [2.24, 2.45) is 9.98 Å². The van der Waals surface area contributed by atoms with E-state index >= 15 is 0 Å². The van der Waals surface area contributed by atoms with E-state index in [4.69, 9.17) is 16.8 Å². The van der Waals surface area contributed by atoms with Gasteiger partial charge in [0.2, 0.25) is 5.96 Å². The first-order valence-electron chi connectivity index (χ1n) is 19.2. The first kappa shape index (κ1) is 25.2. The number of nitrogens with one attached hydrogen (secondary N) is 1. The number of fused-ring (bicyclic) bond motifs is 7. The highest BCUT2D eigenvalue weighted by Crippen LogP contribution is 2.41. The van der Waals surface area contributed by atoms with Crippen LogP contribution in [0.4, 0.5) is 0 Å². The monoisotopic (exact) mass is 660 g/mol. The summed E-state index contributed by atoms with van der Waals surface area (Å²) in [6, 6.07) is 45.6. The Kier molecular flexibility index (Phi) is 6.19. The van der Waals surface area contributed by atoms with E-state index < -0.39 is 18.1 Å². The van der Waals surface area contributed by atoms with Crippen LogP contribution in [0.5, 0.6) is 0 Å². The largest absolute Gasteiger partial charge is 0.309 e. The molecule has 9 rings (SSSR count). The van der Waals surface area contributed by atoms with Gasteiger partial charge in [-0.2, -0.15) is 4.99 Å². The molecule has 0 atom stereocenters. The maximum atomic E-state index is 9.52. The minimum Gasteiger partial charge on any atom is -0.309 e. The van der Waals surface area contributed by atoms with Crippen LogP contribution in [0.25, 0.3) is 60.4 Å². The second kappa shape index (κ2) is 12.6. The molecule has 5 heteroatoms. The van der Waals surface area contributed by atoms with Gasteiger partial charge < -0.3 is 4.57 Å². The Hall–Kier alpha value is -6.85. The van der Waals surface area contributed by atoms with Crippen molar-refractivity contribution < 1.29 is 6.85 Å². The Balaban J connectivity index is 1.34. The summed E-state index contributed by atoms with van der Waals surface area (Å²) in [6.07, 6.45) is 0. The van der Waals surface area contributed by atoms with Gasteiger partial charge in [-0.1, -0.05) is 139 Å². The zero-order chi connectivity index (χ0) is 38.7. The highest BCUT2D eigenvalue weighted by molar-refractivity contribution is 6.30. The summed E-state index contributed by atoms with van der Waals surface area (Å²) in [5.41, 5.74) is 7.07. The van der Waals surface area contributed by atoms with Crippen LogP contribution in [0.2, 0.25) is 0 Å². The van der Waals surface area contributed by atoms with E-state index in [0.29, 0.717) is 16.8 Å². The molecule has 1 N–H and O–H groups in total. The average Bonchev–Trinajstić information content (AvgIpc) is 3.75. The predicted octanol–water partition coefficient (Wildman–Crippen LogP) is 11.3. The molecule has 5 nitrogen and oxygen atoms in total. The van der Waals surface area contributed by atoms with Gasteiger partial charge in [0.25, 0.3) is 0 Å². The second-order valence-electron chi connectivity index (χ2n) is 12.3. The molecular formula is C46H33N5. The molecule has 0 saturated carbocycles. The molecule has 51 heavy (non-hydrogen) atoms. The molecule has 0 unspecified atom stereocenters. The van der Waals surface area contributed by atoms with Crippen molar-refractivity contribution in [1.82, 2.24) is 9.13 Å². The maximum absolute atomic E-state index is 9.52. The number of aromatic nitrogens is 2. The summed E-state index contributed by atoms with van der Waals surface area (Å²) < 4.78 is 46.5. The summed E-state index contributed by atoms with van der Waals surface area (Å²) in [4.78, 5) is 10.1. The molecule has 0 fully saturated rings. The average molecular weight is 661 g/mol. The molecule has 9 aromatic rings. The van der Waals surface area contributed by atoms with Crippen LogP contribution in [0.15, 0.2) is 186 Å². The molecule has 0 amide bonds. The van der Waals surface area contributed by atoms with Crippen LogP contribution >= 0.6 is 0 Å². The SMILES string of the molecule is [2H]c1c([2H])c([2H])c(-c2ccccc2C(=N)N=C(/N=C(\C)c2ccccc2)n2c3ccccc3c3c4c5ccccc5n(-c5ccccc5)c4ccc32)c([2H])c1[2H]. The van der Waals surface area contributed by atoms with Crippen LogP contribution < -0.4 is 0 Å². The van der Waals surface area contributed by atoms with E-state index in [0.717, 1.165) is 54.9 Å². The Morgan fingerprint density at radius 1 is 0.569 bits per heavy atom. The van der Waals surface area contributed by atoms with Crippen molar-refractivity contribution in [3.8, 4) is 16.8 Å². The standard InChI is InChI=1S/C46H33N5/c1-31(32-17-5-2-6-18-32)48-46(49-45(47)36-24-12-11-23-35(36)33-19-7-3-8-20-33)51-40-28-16-14-26-38(40)44-42(51)30-29-41-43(44)37-25-13-15-27-39(37)50(41)34-21-9-4-10-22-34/h2-30,47H,1H3/b47-45?,48-31+,49-46?/i3D,7D,8D,19D,20D. The minimum absolute atomic E-state index is 0.00568. The molecule has 7 aromatic carbocycles. The van der Waals surface area contributed by atoms with Gasteiger partial charge in [0.1, 0.15) is 0 Å². The molecule has 242 valence electrons. The number of amidine groups is 1. The lowest BCUT2D eigenvalue weighted by Gasteiger charge is -2.12. The third kappa shape index (κ3) is 5.15. The molecule has 0 saturated heterocycles. The van der Waals surface area contributed by atoms with Gasteiger partial charge in [0, 0.05) is 38.5 Å². The molecule has 2 heterocycles. The van der Waals surface area contributed by atoms with Crippen molar-refractivity contribution in [3.63, 3.8) is 0 Å². The Bertz CT molecular complexity index is 3080. The first-order valence-corrected chi connectivity index (χ1v) is 16.7. The van der Waals surface area contributed by atoms with Crippen LogP contribution in [0.3, 0.4) is 0 Å². The summed E-state index contributed by atoms with van der Waals surface area (Å²) in [6.45, 7) is 1.91. The van der Waals surface area contributed by atoms with Gasteiger partial charge in [-0.25, -0.2) is 4.99 Å². The van der Waals surface area contributed by atoms with Gasteiger partial charge in [-0.3, -0.25) is 9.98 Å². The van der Waals surface area contributed by atoms with E-state index in [9.17, 15) is 5.41 Å². The smallest absolute Gasteiger partial charge is 0.236 e. The third-order valence-corrected chi connectivity index (χ3v) is 9.31. The molecule has 0 radical (unpaired) electrons. The van der Waals surface area contributed by atoms with E-state index in [1.54, 1.807) is 24.3 Å². The number of hydrogen-bond donors (Lipinski definition) is 1. The van der Waals surface area contributed by atoms with Gasteiger partial charge in [0.15, 0.2) is 5.84 Å². The third-order valence-electron chi connectivity index (χ3n) is 9.31. The van der Waals surface area contributed by atoms with Crippen molar-refractivity contribution in [2.75, 3.05) is 0 Å². The lowest BCUT2D eigenvalue weighted by atomic mass is 9.99. The number of para-hydroxylation sites is 3. The van der Waals surface area contributed by atoms with Crippen LogP contribution in [-0.2, 0) is 0 Å². The van der Waals surface area contributed by atoms with E-state index in [1.165, 1.54) is 0 Å². The molecule has 2 aromatic heterocycles. The fraction of sp³-hybridized carbons (Fsp3) is 0.0217. The summed E-state index contributed by atoms with van der Waals surface area (Å²) in [7, 11) is 0. The fourth-order valence-electron chi connectivity index (χ4n) is 7.06. The lowest BCUT2D eigenvalue weighted by molar-refractivity contribution is 1.18. The van der Waals surface area contributed by atoms with Gasteiger partial charge in [0.05, 0.1) is 28.9 Å². The number of rotatable bonds is 4. The van der Waals surface area contributed by atoms with Crippen molar-refractivity contribution in [3.05, 3.63) is 187 Å². The number of nitrogens with zero attached hydrogens (tertiary/aromatic N) is 4. The van der Waals surface area contributed by atoms with Crippen molar-refractivity contribution in [1.29, 1.82) is 5.41 Å². The highest BCUT2D eigenvalue weighted by Gasteiger charge is 2.22. The Morgan fingerprint density at radius 2 is 1.16 bits per heavy atom. The molecule has 0 aliphatic rings. The molecule has 0 spiro atoms. The fourth-order valence-corrected chi connectivity index (χ4v) is 7.06. The lowest BCUT2D eigenvalue weighted by Crippen LogP contribution is -2.15. The number of aliphatic imine (C=N–C) groups is 2. The van der Waals surface area contributed by atoms with E-state index in [1.807, 2.05) is 78.2 Å². The zero-order valence-electron chi connectivity index (χ0n) is 32.6. The summed E-state index contributed by atoms with van der Waals surface area (Å²) in [5, 5.41) is 13.7. The van der Waals surface area contributed by atoms with E-state index in [-0.39, 0.29) is 29.4 Å². The van der Waals surface area contributed by atoms with Crippen LogP contribution in [0.1, 0.15) is 24.9 Å². The van der Waals surface area contributed by atoms with Gasteiger partial charge in [-0.15, -0.1) is 0 Å². The van der Waals surface area contributed by atoms with Crippen LogP contribution in [0, 0.1) is 5.41 Å². The highest BCUT2D eigenvalue weighted by atomic mass is 15.2. The Labute approximate surface area is 302 Å². The second-order valence-corrected chi connectivity index (χ2v) is 12.3. The predicted molar refractivity (Wildman–Crippen MR) is 214 cm³/mol. The first-order chi connectivity index (χ1) is 27.2. The molecular weight excluding hydrogens is 623 g/mol. The molecule has 0 bridgehead atoms. The zero-order valence-corrected chi connectivity index (χ0v) is 27.6. The summed E-state index contributed by atoms with van der Waals surface area (Å²) >= 11 is 0. The molecule has 0 aliphatic heterocycles. The van der Waals surface area contributed by atoms with Gasteiger partial charge in [-0.05, 0) is 60.0 Å². The molecule has 0 aliphatic carbocycles. The Morgan fingerprint density at radius 3 is 1.92 bits per heavy atom. The topological polar surface area (TPSA) is 58.4 Å². The summed E-state index contributed by atoms with van der Waals surface area (Å²) in [5.74, 6) is 0.0595.